The van der Waals surface area contributed by atoms with Crippen LogP contribution < -0.4 is 10.7 Å². The summed E-state index contributed by atoms with van der Waals surface area (Å²) in [6, 6.07) is 11.2. The van der Waals surface area contributed by atoms with Gasteiger partial charge in [-0.2, -0.15) is 5.10 Å². The summed E-state index contributed by atoms with van der Waals surface area (Å²) < 4.78 is 7.14. The minimum atomic E-state index is -0.840. The van der Waals surface area contributed by atoms with E-state index in [0.29, 0.717) is 35.7 Å². The van der Waals surface area contributed by atoms with Gasteiger partial charge in [0.15, 0.2) is 5.69 Å². The summed E-state index contributed by atoms with van der Waals surface area (Å²) in [5.74, 6) is -0.714. The molecule has 2 N–H and O–H groups in total. The Bertz CT molecular complexity index is 1390. The molecule has 0 bridgehead atoms. The molecule has 1 atom stereocenters. The van der Waals surface area contributed by atoms with Gasteiger partial charge >= 0.3 is 0 Å². The monoisotopic (exact) mass is 552 g/mol. The Morgan fingerprint density at radius 1 is 1.13 bits per heavy atom. The highest BCUT2D eigenvalue weighted by Crippen LogP contribution is 2.41. The van der Waals surface area contributed by atoms with Gasteiger partial charge in [-0.15, -0.1) is 0 Å². The van der Waals surface area contributed by atoms with Crippen molar-refractivity contribution in [1.82, 2.24) is 20.0 Å². The van der Waals surface area contributed by atoms with Crippen LogP contribution in [0.5, 0.6) is 0 Å². The lowest BCUT2D eigenvalue weighted by Crippen LogP contribution is -2.38. The number of nitrogens with zero attached hydrogens (tertiary/aromatic N) is 3. The number of aryl methyl sites for hydroxylation is 1. The fourth-order valence-corrected chi connectivity index (χ4v) is 6.09. The zero-order valence-corrected chi connectivity index (χ0v) is 23.5. The van der Waals surface area contributed by atoms with Crippen molar-refractivity contribution in [3.63, 3.8) is 0 Å². The first-order chi connectivity index (χ1) is 18.7. The van der Waals surface area contributed by atoms with Crippen molar-refractivity contribution in [2.24, 2.45) is 7.05 Å². The van der Waals surface area contributed by atoms with E-state index < -0.39 is 16.9 Å². The Morgan fingerprint density at radius 3 is 2.51 bits per heavy atom. The van der Waals surface area contributed by atoms with Crippen LogP contribution in [0.2, 0.25) is 5.02 Å². The number of carbonyl (C=O) groups is 1. The van der Waals surface area contributed by atoms with E-state index >= 15 is 0 Å². The number of rotatable bonds is 7. The summed E-state index contributed by atoms with van der Waals surface area (Å²) >= 11 is 5.96. The topological polar surface area (TPSA) is 96.7 Å². The largest absolute Gasteiger partial charge is 0.389 e. The second kappa shape index (κ2) is 11.8. The zero-order valence-electron chi connectivity index (χ0n) is 22.7. The summed E-state index contributed by atoms with van der Waals surface area (Å²) in [6.45, 7) is 5.97. The van der Waals surface area contributed by atoms with Crippen molar-refractivity contribution < 1.29 is 14.6 Å². The SMILES string of the molecule is CC(c1cc(CN2CCOCC2)cc2c(=O)c(C(=O)NCc3ccc(Cl)cc3)nn(C)c12)C1(O)CCCCC1. The molecule has 1 saturated heterocycles. The third-order valence-electron chi connectivity index (χ3n) is 8.32. The third kappa shape index (κ3) is 6.04. The Kier molecular flexibility index (Phi) is 8.38. The van der Waals surface area contributed by atoms with Gasteiger partial charge < -0.3 is 15.2 Å². The zero-order chi connectivity index (χ0) is 27.6. The van der Waals surface area contributed by atoms with Crippen LogP contribution in [-0.2, 0) is 24.9 Å². The number of aromatic nitrogens is 2. The van der Waals surface area contributed by atoms with E-state index in [1.54, 1.807) is 23.9 Å². The van der Waals surface area contributed by atoms with Crippen LogP contribution in [0, 0.1) is 0 Å². The lowest BCUT2D eigenvalue weighted by molar-refractivity contribution is -0.0166. The van der Waals surface area contributed by atoms with Crippen molar-refractivity contribution in [3.05, 3.63) is 74.0 Å². The molecule has 1 unspecified atom stereocenters. The number of morpholine rings is 1. The molecular weight excluding hydrogens is 516 g/mol. The molecule has 208 valence electrons. The van der Waals surface area contributed by atoms with E-state index in [1.807, 2.05) is 18.2 Å². The molecule has 2 heterocycles. The third-order valence-corrected chi connectivity index (χ3v) is 8.57. The van der Waals surface area contributed by atoms with Crippen molar-refractivity contribution in [2.45, 2.75) is 63.6 Å². The molecule has 1 amide bonds. The molecule has 1 aliphatic heterocycles. The summed E-state index contributed by atoms with van der Waals surface area (Å²) in [7, 11) is 1.76. The number of amides is 1. The number of carbonyl (C=O) groups excluding carboxylic acids is 1. The Morgan fingerprint density at radius 2 is 1.82 bits per heavy atom. The maximum Gasteiger partial charge on any atom is 0.276 e. The molecule has 8 nitrogen and oxygen atoms in total. The fourth-order valence-electron chi connectivity index (χ4n) is 5.97. The van der Waals surface area contributed by atoms with E-state index in [4.69, 9.17) is 16.3 Å². The Hall–Kier alpha value is -2.78. The van der Waals surface area contributed by atoms with Gasteiger partial charge in [0.1, 0.15) is 0 Å². The van der Waals surface area contributed by atoms with E-state index in [-0.39, 0.29) is 18.2 Å². The van der Waals surface area contributed by atoms with Crippen LogP contribution in [0.4, 0.5) is 0 Å². The minimum absolute atomic E-state index is 0.141. The number of nitrogens with one attached hydrogen (secondary N) is 1. The van der Waals surface area contributed by atoms with E-state index in [1.165, 1.54) is 0 Å². The van der Waals surface area contributed by atoms with Crippen molar-refractivity contribution in [3.8, 4) is 0 Å². The number of hydrogen-bond acceptors (Lipinski definition) is 6. The maximum atomic E-state index is 13.8. The molecule has 2 aromatic carbocycles. The van der Waals surface area contributed by atoms with E-state index in [9.17, 15) is 14.7 Å². The number of halogens is 1. The fraction of sp³-hybridized carbons (Fsp3) is 0.500. The Labute approximate surface area is 233 Å². The lowest BCUT2D eigenvalue weighted by Gasteiger charge is -2.38. The number of benzene rings is 2. The van der Waals surface area contributed by atoms with Gasteiger partial charge in [0, 0.05) is 44.2 Å². The van der Waals surface area contributed by atoms with Crippen LogP contribution in [0.1, 0.15) is 72.1 Å². The second-order valence-electron chi connectivity index (χ2n) is 11.0. The summed E-state index contributed by atoms with van der Waals surface area (Å²) in [6.07, 6.45) is 4.57. The van der Waals surface area contributed by atoms with Gasteiger partial charge in [-0.1, -0.05) is 56.0 Å². The molecule has 1 saturated carbocycles. The molecule has 1 aliphatic carbocycles. The second-order valence-corrected chi connectivity index (χ2v) is 11.4. The lowest BCUT2D eigenvalue weighted by atomic mass is 9.73. The molecule has 0 spiro atoms. The van der Waals surface area contributed by atoms with Gasteiger partial charge in [0.25, 0.3) is 5.91 Å². The average molecular weight is 553 g/mol. The van der Waals surface area contributed by atoms with Gasteiger partial charge in [0.05, 0.1) is 29.7 Å². The highest BCUT2D eigenvalue weighted by atomic mass is 35.5. The number of fused-ring (bicyclic) bond motifs is 1. The predicted octanol–water partition coefficient (Wildman–Crippen LogP) is 4.15. The van der Waals surface area contributed by atoms with Crippen LogP contribution in [0.15, 0.2) is 41.2 Å². The van der Waals surface area contributed by atoms with Crippen LogP contribution in [0.25, 0.3) is 10.9 Å². The highest BCUT2D eigenvalue weighted by Gasteiger charge is 2.37. The first-order valence-corrected chi connectivity index (χ1v) is 14.2. The molecule has 2 fully saturated rings. The maximum absolute atomic E-state index is 13.8. The molecule has 3 aromatic rings. The number of hydrogen-bond donors (Lipinski definition) is 2. The first-order valence-electron chi connectivity index (χ1n) is 13.8. The summed E-state index contributed by atoms with van der Waals surface area (Å²) in [5.41, 5.74) is 2.05. The quantitative estimate of drug-likeness (QED) is 0.457. The predicted molar refractivity (Wildman–Crippen MR) is 152 cm³/mol. The number of aliphatic hydroxyl groups is 1. The van der Waals surface area contributed by atoms with Gasteiger partial charge in [0.2, 0.25) is 5.43 Å². The molecular formula is C30H37ClN4O4. The average Bonchev–Trinajstić information content (AvgIpc) is 2.94. The van der Waals surface area contributed by atoms with E-state index in [0.717, 1.165) is 61.9 Å². The first kappa shape index (κ1) is 27.8. The molecule has 1 aromatic heterocycles. The molecule has 2 aliphatic rings. The van der Waals surface area contributed by atoms with Crippen molar-refractivity contribution >= 4 is 28.4 Å². The Balaban J connectivity index is 1.54. The standard InChI is InChI=1S/C30H37ClN4O4/c1-20(30(38)10-4-3-5-11-30)24-16-22(19-35-12-14-39-15-13-35)17-25-27(24)34(2)33-26(28(25)36)29(37)32-18-21-6-8-23(31)9-7-21/h6-9,16-17,20,38H,3-5,10-15,18-19H2,1-2H3,(H,32,37). The molecule has 9 heteroatoms. The molecule has 39 heavy (non-hydrogen) atoms. The molecule has 0 radical (unpaired) electrons. The van der Waals surface area contributed by atoms with Gasteiger partial charge in [-0.3, -0.25) is 19.2 Å². The van der Waals surface area contributed by atoms with Crippen LogP contribution in [0.3, 0.4) is 0 Å². The van der Waals surface area contributed by atoms with Crippen LogP contribution in [-0.4, -0.2) is 57.6 Å². The normalized spacial score (nSPS) is 18.7. The van der Waals surface area contributed by atoms with Crippen LogP contribution >= 0.6 is 11.6 Å². The van der Waals surface area contributed by atoms with Crippen molar-refractivity contribution in [1.29, 1.82) is 0 Å². The van der Waals surface area contributed by atoms with Gasteiger partial charge in [-0.25, -0.2) is 0 Å². The number of ether oxygens (including phenoxy) is 1. The van der Waals surface area contributed by atoms with Gasteiger partial charge in [-0.05, 0) is 47.7 Å². The molecule has 5 rings (SSSR count). The smallest absolute Gasteiger partial charge is 0.276 e. The van der Waals surface area contributed by atoms with E-state index in [2.05, 4.69) is 28.3 Å². The summed E-state index contributed by atoms with van der Waals surface area (Å²) in [5, 5.41) is 20.0. The highest BCUT2D eigenvalue weighted by molar-refractivity contribution is 6.30. The minimum Gasteiger partial charge on any atom is -0.389 e. The van der Waals surface area contributed by atoms with Crippen molar-refractivity contribution in [2.75, 3.05) is 26.3 Å². The summed E-state index contributed by atoms with van der Waals surface area (Å²) in [4.78, 5) is 29.3.